The molecule has 0 fully saturated rings. The van der Waals surface area contributed by atoms with Crippen LogP contribution >= 0.6 is 0 Å². The molecule has 11 heavy (non-hydrogen) atoms. The predicted octanol–water partition coefficient (Wildman–Crippen LogP) is -0.0329. The van der Waals surface area contributed by atoms with E-state index in [2.05, 4.69) is 6.58 Å². The van der Waals surface area contributed by atoms with E-state index in [0.29, 0.717) is 0 Å². The van der Waals surface area contributed by atoms with Gasteiger partial charge in [0.25, 0.3) is 0 Å². The molecular weight excluding hydrogens is 143 g/mol. The molecule has 0 bridgehead atoms. The maximum atomic E-state index is 10.1. The molecule has 0 aromatic rings. The van der Waals surface area contributed by atoms with E-state index < -0.39 is 17.9 Å². The van der Waals surface area contributed by atoms with Gasteiger partial charge in [-0.25, -0.2) is 0 Å². The molecule has 5 heteroatoms. The summed E-state index contributed by atoms with van der Waals surface area (Å²) >= 11 is 0. The molecule has 4 nitrogen and oxygen atoms in total. The molecule has 0 atom stereocenters. The first kappa shape index (κ1) is 12.9. The molecule has 0 unspecified atom stereocenters. The first-order chi connectivity index (χ1) is 4.59. The van der Waals surface area contributed by atoms with Crippen molar-refractivity contribution in [3.05, 3.63) is 12.7 Å². The van der Waals surface area contributed by atoms with Crippen molar-refractivity contribution in [2.45, 2.75) is 6.42 Å². The van der Waals surface area contributed by atoms with E-state index in [-0.39, 0.29) is 25.3 Å². The Balaban J connectivity index is 0. The monoisotopic (exact) mass is 151 g/mol. The van der Waals surface area contributed by atoms with Gasteiger partial charge < -0.3 is 10.2 Å². The number of allylic oxidation sites excluding steroid dienone is 1. The second-order valence-corrected chi connectivity index (χ2v) is 1.75. The van der Waals surface area contributed by atoms with Gasteiger partial charge in [0.2, 0.25) is 0 Å². The van der Waals surface area contributed by atoms with Crippen LogP contribution in [0.1, 0.15) is 6.42 Å². The Morgan fingerprint density at radius 2 is 1.73 bits per heavy atom. The Kier molecular flexibility index (Phi) is 7.06. The van der Waals surface area contributed by atoms with E-state index in [0.717, 1.165) is 0 Å². The normalized spacial score (nSPS) is 8.45. The van der Waals surface area contributed by atoms with E-state index in [9.17, 15) is 9.59 Å². The second-order valence-electron chi connectivity index (χ2n) is 1.75. The quantitative estimate of drug-likeness (QED) is 0.336. The molecule has 0 saturated carbocycles. The number of carbonyl (C=O) groups is 2. The van der Waals surface area contributed by atoms with Gasteiger partial charge in [0.1, 0.15) is 0 Å². The number of carboxylic acids is 2. The first-order valence-corrected chi connectivity index (χ1v) is 2.66. The number of carboxylic acid groups (broad SMARTS) is 2. The van der Waals surface area contributed by atoms with Crippen LogP contribution in [-0.2, 0) is 9.59 Å². The molecule has 0 amide bonds. The van der Waals surface area contributed by atoms with Crippen molar-refractivity contribution in [1.82, 2.24) is 0 Å². The minimum atomic E-state index is -1.35. The van der Waals surface area contributed by atoms with Crippen molar-refractivity contribution in [3.63, 3.8) is 0 Å². The molecule has 2 N–H and O–H groups in total. The standard InChI is InChI=1S/C6H8O4.Li/c1-2-3-4(5(7)8)6(9)10;/h2,4H,1,3H2,(H,7,8)(H,9,10);. The number of aliphatic carboxylic acids is 2. The van der Waals surface area contributed by atoms with Crippen molar-refractivity contribution in [2.75, 3.05) is 0 Å². The molecule has 0 aliphatic heterocycles. The van der Waals surface area contributed by atoms with Crippen LogP contribution in [0.15, 0.2) is 12.7 Å². The van der Waals surface area contributed by atoms with Crippen molar-refractivity contribution in [1.29, 1.82) is 0 Å². The van der Waals surface area contributed by atoms with E-state index in [1.165, 1.54) is 6.08 Å². The van der Waals surface area contributed by atoms with Gasteiger partial charge in [0.15, 0.2) is 5.92 Å². The molecule has 0 rings (SSSR count). The third-order valence-corrected chi connectivity index (χ3v) is 0.999. The molecule has 0 spiro atoms. The van der Waals surface area contributed by atoms with Crippen LogP contribution in [0.2, 0.25) is 0 Å². The topological polar surface area (TPSA) is 74.6 Å². The number of rotatable bonds is 4. The Hall–Kier alpha value is -0.723. The van der Waals surface area contributed by atoms with Gasteiger partial charge in [-0.3, -0.25) is 9.59 Å². The number of hydrogen-bond donors (Lipinski definition) is 2. The van der Waals surface area contributed by atoms with Gasteiger partial charge in [-0.2, -0.15) is 0 Å². The van der Waals surface area contributed by atoms with Gasteiger partial charge in [0.05, 0.1) is 0 Å². The van der Waals surface area contributed by atoms with E-state index >= 15 is 0 Å². The van der Waals surface area contributed by atoms with Gasteiger partial charge in [-0.1, -0.05) is 6.08 Å². The molecule has 0 aromatic carbocycles. The minimum Gasteiger partial charge on any atom is -0.481 e. The molecule has 57 valence electrons. The SMILES string of the molecule is C=CCC(C(=O)O)C(=O)O.[Li]. The van der Waals surface area contributed by atoms with Crippen LogP contribution in [0.4, 0.5) is 0 Å². The van der Waals surface area contributed by atoms with E-state index in [1.54, 1.807) is 0 Å². The van der Waals surface area contributed by atoms with Gasteiger partial charge in [-0.15, -0.1) is 6.58 Å². The van der Waals surface area contributed by atoms with Crippen molar-refractivity contribution in [3.8, 4) is 0 Å². The molecule has 0 aromatic heterocycles. The van der Waals surface area contributed by atoms with Crippen molar-refractivity contribution >= 4 is 30.8 Å². The summed E-state index contributed by atoms with van der Waals surface area (Å²) in [5.74, 6) is -4.00. The summed E-state index contributed by atoms with van der Waals surface area (Å²) in [5.41, 5.74) is 0. The summed E-state index contributed by atoms with van der Waals surface area (Å²) in [4.78, 5) is 20.2. The van der Waals surface area contributed by atoms with Gasteiger partial charge in [-0.05, 0) is 6.42 Å². The first-order valence-electron chi connectivity index (χ1n) is 2.66. The van der Waals surface area contributed by atoms with Gasteiger partial charge >= 0.3 is 11.9 Å². The zero-order chi connectivity index (χ0) is 8.15. The third-order valence-electron chi connectivity index (χ3n) is 0.999. The van der Waals surface area contributed by atoms with Crippen LogP contribution in [0.3, 0.4) is 0 Å². The molecule has 0 heterocycles. The summed E-state index contributed by atoms with van der Waals surface area (Å²) in [6.45, 7) is 3.24. The zero-order valence-electron chi connectivity index (χ0n) is 6.28. The van der Waals surface area contributed by atoms with Crippen LogP contribution < -0.4 is 0 Å². The average molecular weight is 151 g/mol. The van der Waals surface area contributed by atoms with Crippen LogP contribution in [0, 0.1) is 5.92 Å². The second kappa shape index (κ2) is 6.02. The summed E-state index contributed by atoms with van der Waals surface area (Å²) < 4.78 is 0. The van der Waals surface area contributed by atoms with E-state index in [4.69, 9.17) is 10.2 Å². The summed E-state index contributed by atoms with van der Waals surface area (Å²) in [6.07, 6.45) is 1.23. The molecule has 1 radical (unpaired) electrons. The van der Waals surface area contributed by atoms with Crippen LogP contribution in [-0.4, -0.2) is 41.0 Å². The average Bonchev–Trinajstić information content (AvgIpc) is 1.81. The summed E-state index contributed by atoms with van der Waals surface area (Å²) in [6, 6.07) is 0. The Labute approximate surface area is 76.1 Å². The maximum Gasteiger partial charge on any atom is 0.318 e. The fraction of sp³-hybridized carbons (Fsp3) is 0.333. The Bertz CT molecular complexity index is 152. The summed E-state index contributed by atoms with van der Waals surface area (Å²) in [7, 11) is 0. The summed E-state index contributed by atoms with van der Waals surface area (Å²) in [5, 5.41) is 16.5. The van der Waals surface area contributed by atoms with Crippen LogP contribution in [0.25, 0.3) is 0 Å². The Morgan fingerprint density at radius 1 is 1.36 bits per heavy atom. The smallest absolute Gasteiger partial charge is 0.318 e. The van der Waals surface area contributed by atoms with Crippen molar-refractivity contribution in [2.24, 2.45) is 5.92 Å². The molecule has 0 aliphatic rings. The molecule has 0 aliphatic carbocycles. The van der Waals surface area contributed by atoms with Gasteiger partial charge in [0, 0.05) is 18.9 Å². The molecular formula is C6H8LiO4. The fourth-order valence-corrected chi connectivity index (χ4v) is 0.474. The molecule has 0 saturated heterocycles. The predicted molar refractivity (Wildman–Crippen MR) is 39.3 cm³/mol. The third kappa shape index (κ3) is 4.65. The van der Waals surface area contributed by atoms with Crippen molar-refractivity contribution < 1.29 is 19.8 Å². The van der Waals surface area contributed by atoms with E-state index in [1.807, 2.05) is 0 Å². The largest absolute Gasteiger partial charge is 0.481 e. The Morgan fingerprint density at radius 3 is 1.82 bits per heavy atom. The maximum absolute atomic E-state index is 10.1. The minimum absolute atomic E-state index is 0. The van der Waals surface area contributed by atoms with Crippen LogP contribution in [0.5, 0.6) is 0 Å². The zero-order valence-corrected chi connectivity index (χ0v) is 6.28. The number of hydrogen-bond acceptors (Lipinski definition) is 2. The fourth-order valence-electron chi connectivity index (χ4n) is 0.474.